The maximum Gasteiger partial charge on any atom is 0.0821 e. The van der Waals surface area contributed by atoms with Crippen molar-refractivity contribution < 1.29 is 5.11 Å². The van der Waals surface area contributed by atoms with Crippen LogP contribution in [0.25, 0.3) is 0 Å². The molecule has 1 fully saturated rings. The van der Waals surface area contributed by atoms with Crippen LogP contribution in [0.15, 0.2) is 18.2 Å². The van der Waals surface area contributed by atoms with Crippen molar-refractivity contribution in [3.8, 4) is 0 Å². The summed E-state index contributed by atoms with van der Waals surface area (Å²) in [5.41, 5.74) is 7.27. The fourth-order valence-electron chi connectivity index (χ4n) is 2.83. The molecule has 106 valence electrons. The highest BCUT2D eigenvalue weighted by Crippen LogP contribution is 2.33. The lowest BCUT2D eigenvalue weighted by Gasteiger charge is -2.30. The Balaban J connectivity index is 2.12. The van der Waals surface area contributed by atoms with Crippen molar-refractivity contribution in [2.45, 2.75) is 44.2 Å². The van der Waals surface area contributed by atoms with Crippen LogP contribution in [0.1, 0.15) is 44.2 Å². The van der Waals surface area contributed by atoms with Crippen molar-refractivity contribution >= 4 is 17.3 Å². The summed E-state index contributed by atoms with van der Waals surface area (Å²) in [6.07, 6.45) is 3.99. The summed E-state index contributed by atoms with van der Waals surface area (Å²) in [5, 5.41) is 11.1. The van der Waals surface area contributed by atoms with Gasteiger partial charge < -0.3 is 15.7 Å². The second-order valence-electron chi connectivity index (χ2n) is 5.79. The molecule has 1 aliphatic carbocycles. The van der Waals surface area contributed by atoms with Crippen LogP contribution in [-0.2, 0) is 0 Å². The first-order chi connectivity index (χ1) is 8.91. The van der Waals surface area contributed by atoms with Gasteiger partial charge in [-0.05, 0) is 37.5 Å². The topological polar surface area (TPSA) is 49.5 Å². The summed E-state index contributed by atoms with van der Waals surface area (Å²) in [5.74, 6) is 0. The zero-order chi connectivity index (χ0) is 14.0. The average Bonchev–Trinajstić information content (AvgIpc) is 2.75. The maximum absolute atomic E-state index is 10.5. The number of likely N-dealkylation sites (N-methyl/N-ethyl adjacent to an activating group) is 1. The van der Waals surface area contributed by atoms with Crippen LogP contribution in [0.3, 0.4) is 0 Å². The molecular weight excluding hydrogens is 260 g/mol. The van der Waals surface area contributed by atoms with Gasteiger partial charge in [-0.2, -0.15) is 0 Å². The molecular formula is C15H23ClN2O. The molecule has 1 aromatic carbocycles. The van der Waals surface area contributed by atoms with E-state index in [9.17, 15) is 5.11 Å². The Hall–Kier alpha value is -0.770. The normalized spacial score (nSPS) is 19.4. The SMILES string of the molecule is CC(N)c1ccc(N(C)CC2(O)CCCC2)c(Cl)c1. The molecule has 0 amide bonds. The zero-order valence-corrected chi connectivity index (χ0v) is 12.5. The number of rotatable bonds is 4. The van der Waals surface area contributed by atoms with Crippen LogP contribution < -0.4 is 10.6 Å². The molecule has 1 aromatic rings. The maximum atomic E-state index is 10.5. The van der Waals surface area contributed by atoms with Crippen molar-refractivity contribution in [3.63, 3.8) is 0 Å². The number of aliphatic hydroxyl groups is 1. The first-order valence-electron chi connectivity index (χ1n) is 6.90. The highest BCUT2D eigenvalue weighted by molar-refractivity contribution is 6.33. The first kappa shape index (κ1) is 14.6. The summed E-state index contributed by atoms with van der Waals surface area (Å²) >= 11 is 6.32. The summed E-state index contributed by atoms with van der Waals surface area (Å²) in [4.78, 5) is 2.04. The molecule has 3 nitrogen and oxygen atoms in total. The third-order valence-electron chi connectivity index (χ3n) is 3.97. The van der Waals surface area contributed by atoms with Crippen molar-refractivity contribution in [1.29, 1.82) is 0 Å². The zero-order valence-electron chi connectivity index (χ0n) is 11.7. The average molecular weight is 283 g/mol. The van der Waals surface area contributed by atoms with Gasteiger partial charge in [0.25, 0.3) is 0 Å². The number of benzene rings is 1. The molecule has 1 unspecified atom stereocenters. The molecule has 0 bridgehead atoms. The Morgan fingerprint density at radius 1 is 1.42 bits per heavy atom. The molecule has 0 heterocycles. The Bertz CT molecular complexity index is 442. The van der Waals surface area contributed by atoms with Crippen molar-refractivity contribution in [3.05, 3.63) is 28.8 Å². The Kier molecular flexibility index (Phi) is 4.39. The van der Waals surface area contributed by atoms with Crippen LogP contribution >= 0.6 is 11.6 Å². The van der Waals surface area contributed by atoms with Gasteiger partial charge in [-0.1, -0.05) is 30.5 Å². The quantitative estimate of drug-likeness (QED) is 0.892. The molecule has 1 saturated carbocycles. The highest BCUT2D eigenvalue weighted by atomic mass is 35.5. The molecule has 0 aliphatic heterocycles. The van der Waals surface area contributed by atoms with E-state index in [1.165, 1.54) is 0 Å². The smallest absolute Gasteiger partial charge is 0.0821 e. The summed E-state index contributed by atoms with van der Waals surface area (Å²) < 4.78 is 0. The molecule has 1 aliphatic rings. The Labute approximate surface area is 120 Å². The fraction of sp³-hybridized carbons (Fsp3) is 0.600. The molecule has 1 atom stereocenters. The van der Waals surface area contributed by atoms with Gasteiger partial charge in [0.15, 0.2) is 0 Å². The lowest BCUT2D eigenvalue weighted by Crippen LogP contribution is -2.39. The van der Waals surface area contributed by atoms with E-state index < -0.39 is 5.60 Å². The van der Waals surface area contributed by atoms with E-state index in [1.807, 2.05) is 37.1 Å². The lowest BCUT2D eigenvalue weighted by molar-refractivity contribution is 0.0559. The summed E-state index contributed by atoms with van der Waals surface area (Å²) in [7, 11) is 1.98. The van der Waals surface area contributed by atoms with Crippen LogP contribution in [-0.4, -0.2) is 24.3 Å². The highest BCUT2D eigenvalue weighted by Gasteiger charge is 2.32. The largest absolute Gasteiger partial charge is 0.388 e. The minimum Gasteiger partial charge on any atom is -0.388 e. The van der Waals surface area contributed by atoms with Crippen LogP contribution in [0.5, 0.6) is 0 Å². The van der Waals surface area contributed by atoms with E-state index in [4.69, 9.17) is 17.3 Å². The van der Waals surface area contributed by atoms with E-state index in [2.05, 4.69) is 0 Å². The van der Waals surface area contributed by atoms with Gasteiger partial charge in [-0.15, -0.1) is 0 Å². The minimum atomic E-state index is -0.558. The van der Waals surface area contributed by atoms with Gasteiger partial charge in [0, 0.05) is 19.6 Å². The van der Waals surface area contributed by atoms with Crippen LogP contribution in [0.2, 0.25) is 5.02 Å². The fourth-order valence-corrected chi connectivity index (χ4v) is 3.17. The van der Waals surface area contributed by atoms with Gasteiger partial charge in [0.2, 0.25) is 0 Å². The number of hydrogen-bond donors (Lipinski definition) is 2. The van der Waals surface area contributed by atoms with Gasteiger partial charge >= 0.3 is 0 Å². The number of hydrogen-bond acceptors (Lipinski definition) is 3. The molecule has 2 rings (SSSR count). The monoisotopic (exact) mass is 282 g/mol. The number of anilines is 1. The van der Waals surface area contributed by atoms with Crippen LogP contribution in [0, 0.1) is 0 Å². The van der Waals surface area contributed by atoms with Gasteiger partial charge in [-0.25, -0.2) is 0 Å². The van der Waals surface area contributed by atoms with Crippen molar-refractivity contribution in [1.82, 2.24) is 0 Å². The second-order valence-corrected chi connectivity index (χ2v) is 6.19. The third kappa shape index (κ3) is 3.41. The minimum absolute atomic E-state index is 0.0177. The number of halogens is 1. The van der Waals surface area contributed by atoms with E-state index in [0.717, 1.165) is 36.9 Å². The lowest BCUT2D eigenvalue weighted by atomic mass is 10.0. The Morgan fingerprint density at radius 3 is 2.58 bits per heavy atom. The summed E-state index contributed by atoms with van der Waals surface area (Å²) in [6.45, 7) is 2.57. The predicted molar refractivity (Wildman–Crippen MR) is 80.7 cm³/mol. The molecule has 0 aromatic heterocycles. The van der Waals surface area contributed by atoms with E-state index in [0.29, 0.717) is 11.6 Å². The summed E-state index contributed by atoms with van der Waals surface area (Å²) in [6, 6.07) is 5.88. The molecule has 0 radical (unpaired) electrons. The third-order valence-corrected chi connectivity index (χ3v) is 4.28. The van der Waals surface area contributed by atoms with E-state index in [-0.39, 0.29) is 6.04 Å². The van der Waals surface area contributed by atoms with Crippen molar-refractivity contribution in [2.75, 3.05) is 18.5 Å². The number of nitrogens with zero attached hydrogens (tertiary/aromatic N) is 1. The second kappa shape index (κ2) is 5.70. The van der Waals surface area contributed by atoms with Gasteiger partial charge in [-0.3, -0.25) is 0 Å². The predicted octanol–water partition coefficient (Wildman–Crippen LogP) is 3.10. The standard InChI is InChI=1S/C15H23ClN2O/c1-11(17)12-5-6-14(13(16)9-12)18(2)10-15(19)7-3-4-8-15/h5-6,9,11,19H,3-4,7-8,10,17H2,1-2H3. The molecule has 19 heavy (non-hydrogen) atoms. The Morgan fingerprint density at radius 2 is 2.05 bits per heavy atom. The molecule has 0 spiro atoms. The van der Waals surface area contributed by atoms with Crippen molar-refractivity contribution in [2.24, 2.45) is 5.73 Å². The number of nitrogens with two attached hydrogens (primary N) is 1. The first-order valence-corrected chi connectivity index (χ1v) is 7.28. The van der Waals surface area contributed by atoms with E-state index in [1.54, 1.807) is 0 Å². The van der Waals surface area contributed by atoms with Crippen LogP contribution in [0.4, 0.5) is 5.69 Å². The molecule has 0 saturated heterocycles. The van der Waals surface area contributed by atoms with Gasteiger partial charge in [0.1, 0.15) is 0 Å². The van der Waals surface area contributed by atoms with Gasteiger partial charge in [0.05, 0.1) is 16.3 Å². The van der Waals surface area contributed by atoms with E-state index >= 15 is 0 Å². The molecule has 4 heteroatoms. The molecule has 3 N–H and O–H groups in total.